The molecule has 0 N–H and O–H groups in total. The van der Waals surface area contributed by atoms with Gasteiger partial charge in [0.15, 0.2) is 18.2 Å². The standard InChI is InChI=1S/C10H14NO2.HI/c1-10(12-7-8-13-10)9-3-5-11(2)6-4-9;/h3-6H,7-8H2,1-2H3;1H/q+1;/p-1. The Morgan fingerprint density at radius 1 is 1.21 bits per heavy atom. The van der Waals surface area contributed by atoms with Gasteiger partial charge in [0.25, 0.3) is 0 Å². The van der Waals surface area contributed by atoms with Crippen LogP contribution in [0.4, 0.5) is 0 Å². The van der Waals surface area contributed by atoms with Gasteiger partial charge in [0, 0.05) is 17.7 Å². The van der Waals surface area contributed by atoms with E-state index < -0.39 is 5.79 Å². The second kappa shape index (κ2) is 4.55. The zero-order valence-electron chi connectivity index (χ0n) is 8.37. The molecule has 1 saturated heterocycles. The molecule has 0 amide bonds. The predicted octanol–water partition coefficient (Wildman–Crippen LogP) is -2.27. The second-order valence-corrected chi connectivity index (χ2v) is 3.39. The lowest BCUT2D eigenvalue weighted by atomic mass is 10.1. The molecule has 1 aliphatic rings. The Hall–Kier alpha value is -0.200. The van der Waals surface area contributed by atoms with Gasteiger partial charge in [-0.05, 0) is 6.92 Å². The van der Waals surface area contributed by atoms with Gasteiger partial charge in [-0.25, -0.2) is 4.57 Å². The monoisotopic (exact) mass is 307 g/mol. The predicted molar refractivity (Wildman–Crippen MR) is 46.9 cm³/mol. The molecule has 0 radical (unpaired) electrons. The molecule has 0 bridgehead atoms. The smallest absolute Gasteiger partial charge is 0.192 e. The summed E-state index contributed by atoms with van der Waals surface area (Å²) in [7, 11) is 1.99. The highest BCUT2D eigenvalue weighted by atomic mass is 127. The fraction of sp³-hybridized carbons (Fsp3) is 0.500. The summed E-state index contributed by atoms with van der Waals surface area (Å²) in [6, 6.07) is 4.04. The number of aromatic nitrogens is 1. The SMILES string of the molecule is C[n+]1ccc(C2(C)OCCO2)cc1.[I-]. The third kappa shape index (κ3) is 2.24. The van der Waals surface area contributed by atoms with Crippen molar-refractivity contribution in [1.82, 2.24) is 0 Å². The van der Waals surface area contributed by atoms with E-state index in [0.717, 1.165) is 5.56 Å². The maximum absolute atomic E-state index is 5.53. The van der Waals surface area contributed by atoms with Gasteiger partial charge in [-0.15, -0.1) is 0 Å². The molecular formula is C10H14INO2. The number of ether oxygens (including phenoxy) is 2. The quantitative estimate of drug-likeness (QED) is 0.431. The van der Waals surface area contributed by atoms with Crippen LogP contribution in [0, 0.1) is 0 Å². The lowest BCUT2D eigenvalue weighted by molar-refractivity contribution is -0.671. The zero-order chi connectivity index (χ0) is 9.31. The summed E-state index contributed by atoms with van der Waals surface area (Å²) in [4.78, 5) is 0. The van der Waals surface area contributed by atoms with E-state index in [0.29, 0.717) is 13.2 Å². The summed E-state index contributed by atoms with van der Waals surface area (Å²) in [5.41, 5.74) is 1.07. The van der Waals surface area contributed by atoms with Crippen LogP contribution in [0.25, 0.3) is 0 Å². The van der Waals surface area contributed by atoms with Crippen molar-refractivity contribution in [3.8, 4) is 0 Å². The molecule has 0 saturated carbocycles. The Morgan fingerprint density at radius 2 is 1.71 bits per heavy atom. The summed E-state index contributed by atoms with van der Waals surface area (Å²) in [6.45, 7) is 3.31. The molecule has 1 fully saturated rings. The van der Waals surface area contributed by atoms with E-state index in [-0.39, 0.29) is 24.0 Å². The number of hydrogen-bond donors (Lipinski definition) is 0. The minimum Gasteiger partial charge on any atom is -1.00 e. The van der Waals surface area contributed by atoms with E-state index in [1.165, 1.54) is 0 Å². The summed E-state index contributed by atoms with van der Waals surface area (Å²) >= 11 is 0. The number of rotatable bonds is 1. The third-order valence-electron chi connectivity index (χ3n) is 2.34. The largest absolute Gasteiger partial charge is 1.00 e. The topological polar surface area (TPSA) is 22.3 Å². The molecule has 14 heavy (non-hydrogen) atoms. The molecule has 2 rings (SSSR count). The van der Waals surface area contributed by atoms with Gasteiger partial charge < -0.3 is 33.5 Å². The lowest BCUT2D eigenvalue weighted by Gasteiger charge is -2.21. The molecule has 0 unspecified atom stereocenters. The van der Waals surface area contributed by atoms with Crippen LogP contribution < -0.4 is 28.5 Å². The van der Waals surface area contributed by atoms with Crippen LogP contribution in [0.1, 0.15) is 12.5 Å². The Kier molecular flexibility index (Phi) is 3.86. The molecule has 78 valence electrons. The zero-order valence-corrected chi connectivity index (χ0v) is 10.5. The van der Waals surface area contributed by atoms with Crippen molar-refractivity contribution in [3.05, 3.63) is 30.1 Å². The van der Waals surface area contributed by atoms with Crippen LogP contribution in [0.15, 0.2) is 24.5 Å². The molecule has 3 nitrogen and oxygen atoms in total. The van der Waals surface area contributed by atoms with Crippen molar-refractivity contribution in [1.29, 1.82) is 0 Å². The van der Waals surface area contributed by atoms with Crippen LogP contribution in [-0.4, -0.2) is 13.2 Å². The normalized spacial score (nSPS) is 19.0. The summed E-state index contributed by atoms with van der Waals surface area (Å²) in [5, 5.41) is 0. The highest BCUT2D eigenvalue weighted by molar-refractivity contribution is 5.14. The van der Waals surface area contributed by atoms with Gasteiger partial charge in [-0.3, -0.25) is 0 Å². The molecule has 1 aliphatic heterocycles. The molecule has 2 heterocycles. The van der Waals surface area contributed by atoms with E-state index in [4.69, 9.17) is 9.47 Å². The van der Waals surface area contributed by atoms with Crippen molar-refractivity contribution >= 4 is 0 Å². The van der Waals surface area contributed by atoms with E-state index in [9.17, 15) is 0 Å². The number of nitrogens with zero attached hydrogens (tertiary/aromatic N) is 1. The van der Waals surface area contributed by atoms with Gasteiger partial charge in [-0.1, -0.05) is 0 Å². The molecule has 0 aliphatic carbocycles. The third-order valence-corrected chi connectivity index (χ3v) is 2.34. The van der Waals surface area contributed by atoms with E-state index in [1.54, 1.807) is 0 Å². The number of halogens is 1. The van der Waals surface area contributed by atoms with Crippen molar-refractivity contribution in [2.45, 2.75) is 12.7 Å². The van der Waals surface area contributed by atoms with Crippen molar-refractivity contribution in [2.75, 3.05) is 13.2 Å². The van der Waals surface area contributed by atoms with Gasteiger partial charge in [-0.2, -0.15) is 0 Å². The fourth-order valence-electron chi connectivity index (χ4n) is 1.48. The Morgan fingerprint density at radius 3 is 2.21 bits per heavy atom. The van der Waals surface area contributed by atoms with Crippen molar-refractivity contribution in [3.63, 3.8) is 0 Å². The van der Waals surface area contributed by atoms with Crippen LogP contribution in [-0.2, 0) is 22.3 Å². The Bertz CT molecular complexity index is 293. The van der Waals surface area contributed by atoms with Crippen LogP contribution in [0.3, 0.4) is 0 Å². The Labute approximate surface area is 101 Å². The lowest BCUT2D eigenvalue weighted by Crippen LogP contribution is -3.00. The van der Waals surface area contributed by atoms with Gasteiger partial charge >= 0.3 is 0 Å². The first-order chi connectivity index (χ1) is 6.21. The molecule has 4 heteroatoms. The van der Waals surface area contributed by atoms with Crippen molar-refractivity contribution < 1.29 is 38.0 Å². The van der Waals surface area contributed by atoms with Crippen LogP contribution >= 0.6 is 0 Å². The first-order valence-corrected chi connectivity index (χ1v) is 4.44. The minimum atomic E-state index is -0.533. The summed E-state index contributed by atoms with van der Waals surface area (Å²) in [5.74, 6) is -0.533. The molecule has 1 aromatic heterocycles. The maximum atomic E-state index is 5.53. The van der Waals surface area contributed by atoms with Crippen molar-refractivity contribution in [2.24, 2.45) is 7.05 Å². The van der Waals surface area contributed by atoms with E-state index in [2.05, 4.69) is 0 Å². The highest BCUT2D eigenvalue weighted by Crippen LogP contribution is 2.29. The van der Waals surface area contributed by atoms with Crippen LogP contribution in [0.5, 0.6) is 0 Å². The number of hydrogen-bond acceptors (Lipinski definition) is 2. The van der Waals surface area contributed by atoms with Gasteiger partial charge in [0.2, 0.25) is 0 Å². The first kappa shape index (κ1) is 11.9. The average Bonchev–Trinajstić information content (AvgIpc) is 2.54. The highest BCUT2D eigenvalue weighted by Gasteiger charge is 2.33. The summed E-state index contributed by atoms with van der Waals surface area (Å²) in [6.07, 6.45) is 3.98. The van der Waals surface area contributed by atoms with E-state index in [1.807, 2.05) is 43.1 Å². The second-order valence-electron chi connectivity index (χ2n) is 3.39. The van der Waals surface area contributed by atoms with Crippen LogP contribution in [0.2, 0.25) is 0 Å². The number of aryl methyl sites for hydroxylation is 1. The number of pyridine rings is 1. The van der Waals surface area contributed by atoms with Gasteiger partial charge in [0.05, 0.1) is 13.2 Å². The fourth-order valence-corrected chi connectivity index (χ4v) is 1.48. The maximum Gasteiger partial charge on any atom is 0.192 e. The first-order valence-electron chi connectivity index (χ1n) is 4.44. The molecule has 1 aromatic rings. The molecule has 0 aromatic carbocycles. The molecular weight excluding hydrogens is 293 g/mol. The molecule has 0 atom stereocenters. The molecule has 0 spiro atoms. The average molecular weight is 307 g/mol. The minimum absolute atomic E-state index is 0. The van der Waals surface area contributed by atoms with Gasteiger partial charge in [0.1, 0.15) is 7.05 Å². The van der Waals surface area contributed by atoms with E-state index >= 15 is 0 Å². The summed E-state index contributed by atoms with van der Waals surface area (Å²) < 4.78 is 13.1. The Balaban J connectivity index is 0.000000980.